The molecular weight excluding hydrogens is 358 g/mol. The summed E-state index contributed by atoms with van der Waals surface area (Å²) >= 11 is 3.97. The van der Waals surface area contributed by atoms with Crippen LogP contribution in [0, 0.1) is 0 Å². The Morgan fingerprint density at radius 1 is 1.63 bits per heavy atom. The number of nitrogens with one attached hydrogen (secondary N) is 1. The smallest absolute Gasteiger partial charge is 0.345 e. The number of carboxylic acids is 1. The van der Waals surface area contributed by atoms with Crippen molar-refractivity contribution in [3.63, 3.8) is 0 Å². The predicted molar refractivity (Wildman–Crippen MR) is 73.1 cm³/mol. The number of halogens is 1. The number of carboxylic acid groups (broad SMARTS) is 1. The molecule has 2 N–H and O–H groups in total. The minimum absolute atomic E-state index is 0.0250. The fourth-order valence-electron chi connectivity index (χ4n) is 1.79. The van der Waals surface area contributed by atoms with Crippen molar-refractivity contribution in [1.82, 2.24) is 4.72 Å². The zero-order valence-electron chi connectivity index (χ0n) is 9.92. The molecule has 9 heteroatoms. The summed E-state index contributed by atoms with van der Waals surface area (Å²) in [7, 11) is -3.75. The van der Waals surface area contributed by atoms with Crippen molar-refractivity contribution in [2.45, 2.75) is 30.4 Å². The van der Waals surface area contributed by atoms with Crippen LogP contribution in [0.1, 0.15) is 23.0 Å². The van der Waals surface area contributed by atoms with Crippen molar-refractivity contribution in [2.75, 3.05) is 6.61 Å². The van der Waals surface area contributed by atoms with Gasteiger partial charge >= 0.3 is 5.97 Å². The molecule has 1 fully saturated rings. The first-order valence-electron chi connectivity index (χ1n) is 5.48. The molecule has 19 heavy (non-hydrogen) atoms. The first-order chi connectivity index (χ1) is 8.81. The molecule has 0 aliphatic carbocycles. The van der Waals surface area contributed by atoms with Gasteiger partial charge in [-0.15, -0.1) is 11.3 Å². The molecule has 0 radical (unpaired) electrons. The topological polar surface area (TPSA) is 92.7 Å². The fraction of sp³-hybridized carbons (Fsp3) is 0.500. The second kappa shape index (κ2) is 5.49. The van der Waals surface area contributed by atoms with Gasteiger partial charge in [0.1, 0.15) is 9.77 Å². The van der Waals surface area contributed by atoms with E-state index in [1.165, 1.54) is 0 Å². The van der Waals surface area contributed by atoms with E-state index in [-0.39, 0.29) is 25.7 Å². The molecule has 0 saturated carbocycles. The van der Waals surface area contributed by atoms with E-state index in [9.17, 15) is 13.2 Å². The van der Waals surface area contributed by atoms with Gasteiger partial charge in [-0.2, -0.15) is 0 Å². The van der Waals surface area contributed by atoms with Crippen molar-refractivity contribution < 1.29 is 23.1 Å². The summed E-state index contributed by atoms with van der Waals surface area (Å²) in [5.74, 6) is -1.15. The van der Waals surface area contributed by atoms with Crippen LogP contribution in [0.3, 0.4) is 0 Å². The van der Waals surface area contributed by atoms with E-state index in [1.54, 1.807) is 6.92 Å². The molecule has 2 unspecified atom stereocenters. The summed E-state index contributed by atoms with van der Waals surface area (Å²) < 4.78 is 32.5. The van der Waals surface area contributed by atoms with Gasteiger partial charge in [-0.05, 0) is 35.3 Å². The zero-order valence-corrected chi connectivity index (χ0v) is 13.1. The van der Waals surface area contributed by atoms with E-state index < -0.39 is 16.0 Å². The minimum Gasteiger partial charge on any atom is -0.477 e. The maximum Gasteiger partial charge on any atom is 0.345 e. The largest absolute Gasteiger partial charge is 0.477 e. The summed E-state index contributed by atoms with van der Waals surface area (Å²) in [6.07, 6.45) is 0.416. The average Bonchev–Trinajstić information content (AvgIpc) is 2.86. The van der Waals surface area contributed by atoms with E-state index in [2.05, 4.69) is 20.7 Å². The van der Waals surface area contributed by atoms with Crippen LogP contribution in [-0.2, 0) is 14.8 Å². The number of aromatic carboxylic acids is 1. The Bertz CT molecular complexity index is 597. The van der Waals surface area contributed by atoms with Gasteiger partial charge in [0.05, 0.1) is 15.9 Å². The first kappa shape index (κ1) is 14.9. The van der Waals surface area contributed by atoms with Gasteiger partial charge in [-0.1, -0.05) is 0 Å². The summed E-state index contributed by atoms with van der Waals surface area (Å²) in [6, 6.07) is 0.866. The van der Waals surface area contributed by atoms with Crippen LogP contribution in [0.5, 0.6) is 0 Å². The van der Waals surface area contributed by atoms with Crippen LogP contribution in [0.15, 0.2) is 14.7 Å². The summed E-state index contributed by atoms with van der Waals surface area (Å²) in [6.45, 7) is 2.31. The molecule has 0 spiro atoms. The van der Waals surface area contributed by atoms with Crippen LogP contribution in [-0.4, -0.2) is 38.2 Å². The van der Waals surface area contributed by atoms with Gasteiger partial charge in [-0.25, -0.2) is 17.9 Å². The highest BCUT2D eigenvalue weighted by Crippen LogP contribution is 2.32. The van der Waals surface area contributed by atoms with Crippen molar-refractivity contribution >= 4 is 43.3 Å². The monoisotopic (exact) mass is 369 g/mol. The third-order valence-electron chi connectivity index (χ3n) is 2.84. The van der Waals surface area contributed by atoms with Gasteiger partial charge in [0.25, 0.3) is 0 Å². The maximum absolute atomic E-state index is 12.2. The lowest BCUT2D eigenvalue weighted by atomic mass is 10.2. The number of hydrogen-bond acceptors (Lipinski definition) is 5. The predicted octanol–water partition coefficient (Wildman–Crippen LogP) is 1.66. The Labute approximate surface area is 123 Å². The summed E-state index contributed by atoms with van der Waals surface area (Å²) in [5.41, 5.74) is 0. The first-order valence-corrected chi connectivity index (χ1v) is 8.57. The third kappa shape index (κ3) is 3.16. The normalized spacial score (nSPS) is 23.7. The van der Waals surface area contributed by atoms with Gasteiger partial charge in [0.2, 0.25) is 10.0 Å². The second-order valence-corrected chi connectivity index (χ2v) is 8.20. The second-order valence-electron chi connectivity index (χ2n) is 4.15. The Morgan fingerprint density at radius 2 is 2.32 bits per heavy atom. The maximum atomic E-state index is 12.2. The lowest BCUT2D eigenvalue weighted by molar-refractivity contribution is 0.0702. The Balaban J connectivity index is 2.26. The molecule has 2 atom stereocenters. The van der Waals surface area contributed by atoms with Gasteiger partial charge < -0.3 is 9.84 Å². The summed E-state index contributed by atoms with van der Waals surface area (Å²) in [5, 5.41) is 8.87. The Hall–Kier alpha value is -0.480. The van der Waals surface area contributed by atoms with Crippen molar-refractivity contribution in [3.8, 4) is 0 Å². The van der Waals surface area contributed by atoms with E-state index in [0.717, 1.165) is 17.4 Å². The van der Waals surface area contributed by atoms with Gasteiger partial charge in [0, 0.05) is 6.61 Å². The SMILES string of the molecule is CC1OCCC1NS(=O)(=O)c1cc(C(=O)O)sc1Br. The highest BCUT2D eigenvalue weighted by molar-refractivity contribution is 9.11. The molecule has 0 amide bonds. The Kier molecular flexibility index (Phi) is 4.31. The van der Waals surface area contributed by atoms with Crippen LogP contribution in [0.4, 0.5) is 0 Å². The van der Waals surface area contributed by atoms with Crippen LogP contribution in [0.2, 0.25) is 0 Å². The fourth-order valence-corrected chi connectivity index (χ4v) is 5.53. The molecule has 0 aromatic carbocycles. The molecule has 1 aliphatic heterocycles. The van der Waals surface area contributed by atoms with Crippen LogP contribution >= 0.6 is 27.3 Å². The van der Waals surface area contributed by atoms with Crippen LogP contribution in [0.25, 0.3) is 0 Å². The molecule has 2 rings (SSSR count). The number of hydrogen-bond donors (Lipinski definition) is 2. The molecule has 1 saturated heterocycles. The van der Waals surface area contributed by atoms with Crippen molar-refractivity contribution in [3.05, 3.63) is 14.7 Å². The van der Waals surface area contributed by atoms with Gasteiger partial charge in [0.15, 0.2) is 0 Å². The standard InChI is InChI=1S/C10H12BrNO5S2/c1-5-6(2-3-17-5)12-19(15,16)8-4-7(10(13)14)18-9(8)11/h4-6,12H,2-3H2,1H3,(H,13,14). The highest BCUT2D eigenvalue weighted by Gasteiger charge is 2.31. The average molecular weight is 370 g/mol. The molecule has 1 aromatic rings. The molecular formula is C10H12BrNO5S2. The quantitative estimate of drug-likeness (QED) is 0.841. The molecule has 106 valence electrons. The van der Waals surface area contributed by atoms with Gasteiger partial charge in [-0.3, -0.25) is 0 Å². The van der Waals surface area contributed by atoms with Crippen molar-refractivity contribution in [2.24, 2.45) is 0 Å². The van der Waals surface area contributed by atoms with E-state index in [0.29, 0.717) is 13.0 Å². The number of thiophene rings is 1. The number of ether oxygens (including phenoxy) is 1. The molecule has 2 heterocycles. The van der Waals surface area contributed by atoms with E-state index >= 15 is 0 Å². The number of rotatable bonds is 4. The molecule has 0 bridgehead atoms. The van der Waals surface area contributed by atoms with Crippen LogP contribution < -0.4 is 4.72 Å². The molecule has 1 aliphatic rings. The molecule has 6 nitrogen and oxygen atoms in total. The third-order valence-corrected chi connectivity index (χ3v) is 6.57. The van der Waals surface area contributed by atoms with E-state index in [4.69, 9.17) is 9.84 Å². The Morgan fingerprint density at radius 3 is 2.79 bits per heavy atom. The number of sulfonamides is 1. The number of carbonyl (C=O) groups is 1. The molecule has 1 aromatic heterocycles. The minimum atomic E-state index is -3.75. The lowest BCUT2D eigenvalue weighted by Gasteiger charge is -2.15. The van der Waals surface area contributed by atoms with Crippen molar-refractivity contribution in [1.29, 1.82) is 0 Å². The lowest BCUT2D eigenvalue weighted by Crippen LogP contribution is -2.39. The zero-order chi connectivity index (χ0) is 14.2. The highest BCUT2D eigenvalue weighted by atomic mass is 79.9. The summed E-state index contributed by atoms with van der Waals surface area (Å²) in [4.78, 5) is 10.8. The van der Waals surface area contributed by atoms with E-state index in [1.807, 2.05) is 0 Å².